The molecule has 3 aliphatic rings. The van der Waals surface area contributed by atoms with E-state index in [0.717, 1.165) is 24.2 Å². The van der Waals surface area contributed by atoms with E-state index in [-0.39, 0.29) is 11.7 Å². The average Bonchev–Trinajstić information content (AvgIpc) is 3.09. The maximum Gasteiger partial charge on any atom is 0.253 e. The van der Waals surface area contributed by atoms with Gasteiger partial charge in [-0.2, -0.15) is 0 Å². The summed E-state index contributed by atoms with van der Waals surface area (Å²) in [6.07, 6.45) is 6.95. The minimum atomic E-state index is -3.43. The number of carbonyl (C=O) groups is 1. The zero-order valence-electron chi connectivity index (χ0n) is 17.0. The molecule has 0 bridgehead atoms. The molecule has 1 amide bonds. The number of hydrogen-bond donors (Lipinski definition) is 1. The van der Waals surface area contributed by atoms with Gasteiger partial charge in [0, 0.05) is 19.0 Å². The maximum atomic E-state index is 12.8. The lowest BCUT2D eigenvalue weighted by atomic mass is 9.88. The highest BCUT2D eigenvalue weighted by Gasteiger charge is 2.48. The van der Waals surface area contributed by atoms with Crippen molar-refractivity contribution in [1.29, 1.82) is 0 Å². The normalized spacial score (nSPS) is 22.7. The van der Waals surface area contributed by atoms with Crippen LogP contribution in [0.3, 0.4) is 0 Å². The van der Waals surface area contributed by atoms with Crippen molar-refractivity contribution in [1.82, 2.24) is 9.62 Å². The molecule has 0 radical (unpaired) electrons. The molecule has 8 nitrogen and oxygen atoms in total. The molecule has 0 unspecified atom stereocenters. The van der Waals surface area contributed by atoms with Crippen LogP contribution in [0.5, 0.6) is 0 Å². The Labute approximate surface area is 177 Å². The number of sulfonamides is 1. The second-order valence-electron chi connectivity index (χ2n) is 8.54. The Morgan fingerprint density at radius 1 is 1.10 bits per heavy atom. The zero-order valence-corrected chi connectivity index (χ0v) is 17.9. The van der Waals surface area contributed by atoms with Crippen LogP contribution in [-0.2, 0) is 21.2 Å². The minimum Gasteiger partial charge on any atom is -0.312 e. The molecule has 162 valence electrons. The number of rotatable bonds is 6. The van der Waals surface area contributed by atoms with Crippen molar-refractivity contribution in [3.05, 3.63) is 34.7 Å². The van der Waals surface area contributed by atoms with Gasteiger partial charge in [-0.15, -0.1) is 4.91 Å². The van der Waals surface area contributed by atoms with E-state index in [1.165, 1.54) is 23.6 Å². The van der Waals surface area contributed by atoms with Crippen molar-refractivity contribution in [2.75, 3.05) is 18.8 Å². The van der Waals surface area contributed by atoms with E-state index in [1.54, 1.807) is 24.3 Å². The van der Waals surface area contributed by atoms with E-state index in [1.807, 2.05) is 0 Å². The van der Waals surface area contributed by atoms with Gasteiger partial charge < -0.3 is 5.32 Å². The van der Waals surface area contributed by atoms with Crippen molar-refractivity contribution >= 4 is 27.5 Å². The van der Waals surface area contributed by atoms with Gasteiger partial charge in [0.05, 0.1) is 5.75 Å². The van der Waals surface area contributed by atoms with Crippen LogP contribution in [0.25, 0.3) is 0 Å². The third-order valence-electron chi connectivity index (χ3n) is 6.62. The van der Waals surface area contributed by atoms with Crippen molar-refractivity contribution < 1.29 is 13.2 Å². The Morgan fingerprint density at radius 2 is 1.77 bits per heavy atom. The predicted molar refractivity (Wildman–Crippen MR) is 115 cm³/mol. The summed E-state index contributed by atoms with van der Waals surface area (Å²) in [5.74, 6) is 1.09. The topological polar surface area (TPSA) is 108 Å². The molecular formula is C21H28N4O4S. The first kappa shape index (κ1) is 21.1. The fourth-order valence-corrected chi connectivity index (χ4v) is 6.17. The number of nitrogens with one attached hydrogen (secondary N) is 1. The second kappa shape index (κ2) is 8.55. The van der Waals surface area contributed by atoms with Crippen molar-refractivity contribution in [3.8, 4) is 0 Å². The van der Waals surface area contributed by atoms with Gasteiger partial charge in [-0.3, -0.25) is 9.79 Å². The molecule has 1 aromatic carbocycles. The van der Waals surface area contributed by atoms with Gasteiger partial charge in [0.25, 0.3) is 5.91 Å². The molecule has 9 heteroatoms. The average molecular weight is 433 g/mol. The van der Waals surface area contributed by atoms with Gasteiger partial charge in [0.2, 0.25) is 10.0 Å². The standard InChI is InChI=1S/C21H28N4O4S/c26-20-21(23-19(22-20)17-4-2-1-3-5-17)11-13-25(14-12-21)30(28,29)15-10-16-6-8-18(24-27)9-7-16/h6-9,17H,1-5,10-15H2,(H,22,23,26). The van der Waals surface area contributed by atoms with E-state index in [9.17, 15) is 18.1 Å². The highest BCUT2D eigenvalue weighted by molar-refractivity contribution is 7.89. The van der Waals surface area contributed by atoms with Gasteiger partial charge in [0.1, 0.15) is 17.1 Å². The number of nitroso groups, excluding NO2 is 1. The van der Waals surface area contributed by atoms with E-state index >= 15 is 0 Å². The monoisotopic (exact) mass is 432 g/mol. The molecular weight excluding hydrogens is 404 g/mol. The first-order valence-corrected chi connectivity index (χ1v) is 12.3. The first-order chi connectivity index (χ1) is 14.4. The van der Waals surface area contributed by atoms with Crippen molar-refractivity contribution in [2.45, 2.75) is 56.9 Å². The summed E-state index contributed by atoms with van der Waals surface area (Å²) in [7, 11) is -3.43. The highest BCUT2D eigenvalue weighted by Crippen LogP contribution is 2.34. The second-order valence-corrected chi connectivity index (χ2v) is 10.6. The van der Waals surface area contributed by atoms with Crippen molar-refractivity contribution in [3.63, 3.8) is 0 Å². The van der Waals surface area contributed by atoms with E-state index in [0.29, 0.717) is 44.0 Å². The number of hydrogen-bond acceptors (Lipinski definition) is 6. The number of piperidine rings is 1. The largest absolute Gasteiger partial charge is 0.312 e. The van der Waals surface area contributed by atoms with E-state index < -0.39 is 15.6 Å². The third-order valence-corrected chi connectivity index (χ3v) is 8.50. The Morgan fingerprint density at radius 3 is 2.40 bits per heavy atom. The number of amidine groups is 1. The zero-order chi connectivity index (χ0) is 21.2. The summed E-state index contributed by atoms with van der Waals surface area (Å²) in [5, 5.41) is 5.86. The molecule has 1 aliphatic carbocycles. The predicted octanol–water partition coefficient (Wildman–Crippen LogP) is 2.90. The van der Waals surface area contributed by atoms with Gasteiger partial charge >= 0.3 is 0 Å². The van der Waals surface area contributed by atoms with Crippen molar-refractivity contribution in [2.24, 2.45) is 16.1 Å². The molecule has 1 aromatic rings. The summed E-state index contributed by atoms with van der Waals surface area (Å²) in [6, 6.07) is 6.62. The molecule has 2 aliphatic heterocycles. The number of nitrogens with zero attached hydrogens (tertiary/aromatic N) is 3. The van der Waals surface area contributed by atoms with Crippen LogP contribution >= 0.6 is 0 Å². The SMILES string of the molecule is O=Nc1ccc(CCS(=O)(=O)N2CCC3(CC2)N=C(C2CCCCC2)NC3=O)cc1. The Hall–Kier alpha value is -2.13. The maximum absolute atomic E-state index is 12.8. The van der Waals surface area contributed by atoms with Crippen LogP contribution in [0.2, 0.25) is 0 Å². The van der Waals surface area contributed by atoms with E-state index in [4.69, 9.17) is 4.99 Å². The molecule has 2 fully saturated rings. The molecule has 1 N–H and O–H groups in total. The van der Waals surface area contributed by atoms with Gasteiger partial charge in [0.15, 0.2) is 0 Å². The fraction of sp³-hybridized carbons (Fsp3) is 0.619. The lowest BCUT2D eigenvalue weighted by Crippen LogP contribution is -2.51. The number of aryl methyl sites for hydroxylation is 1. The van der Waals surface area contributed by atoms with Gasteiger partial charge in [-0.25, -0.2) is 12.7 Å². The van der Waals surface area contributed by atoms with Gasteiger partial charge in [-0.05, 0) is 55.0 Å². The number of aliphatic imine (C=N–C) groups is 1. The number of carbonyl (C=O) groups excluding carboxylic acids is 1. The third kappa shape index (κ3) is 4.32. The number of amides is 1. The van der Waals surface area contributed by atoms with Crippen LogP contribution in [0.1, 0.15) is 50.5 Å². The van der Waals surface area contributed by atoms with Crippen LogP contribution < -0.4 is 5.32 Å². The summed E-state index contributed by atoms with van der Waals surface area (Å²) in [6.45, 7) is 0.621. The summed E-state index contributed by atoms with van der Waals surface area (Å²) in [5.41, 5.74) is 0.374. The van der Waals surface area contributed by atoms with Crippen LogP contribution in [-0.4, -0.2) is 48.8 Å². The molecule has 4 rings (SSSR count). The molecule has 1 saturated heterocycles. The summed E-state index contributed by atoms with van der Waals surface area (Å²) in [4.78, 5) is 28.0. The first-order valence-electron chi connectivity index (χ1n) is 10.7. The molecule has 1 spiro atoms. The van der Waals surface area contributed by atoms with E-state index in [2.05, 4.69) is 10.5 Å². The number of benzene rings is 1. The van der Waals surface area contributed by atoms with Crippen LogP contribution in [0.4, 0.5) is 5.69 Å². The minimum absolute atomic E-state index is 0.00332. The highest BCUT2D eigenvalue weighted by atomic mass is 32.2. The Kier molecular flexibility index (Phi) is 6.02. The smallest absolute Gasteiger partial charge is 0.253 e. The molecule has 0 atom stereocenters. The molecule has 1 saturated carbocycles. The molecule has 30 heavy (non-hydrogen) atoms. The van der Waals surface area contributed by atoms with Crippen LogP contribution in [0.15, 0.2) is 34.4 Å². The Balaban J connectivity index is 1.36. The van der Waals surface area contributed by atoms with Crippen LogP contribution in [0, 0.1) is 10.8 Å². The molecule has 0 aromatic heterocycles. The lowest BCUT2D eigenvalue weighted by molar-refractivity contribution is -0.125. The lowest BCUT2D eigenvalue weighted by Gasteiger charge is -2.34. The quantitative estimate of drug-likeness (QED) is 0.697. The summed E-state index contributed by atoms with van der Waals surface area (Å²) >= 11 is 0. The molecule has 2 heterocycles. The summed E-state index contributed by atoms with van der Waals surface area (Å²) < 4.78 is 27.1. The Bertz CT molecular complexity index is 928. The van der Waals surface area contributed by atoms with Gasteiger partial charge in [-0.1, -0.05) is 31.4 Å². The fourth-order valence-electron chi connectivity index (χ4n) is 4.68.